The van der Waals surface area contributed by atoms with E-state index in [2.05, 4.69) is 16.4 Å². The van der Waals surface area contributed by atoms with Gasteiger partial charge in [0.25, 0.3) is 0 Å². The molecule has 1 aromatic heterocycles. The fourth-order valence-electron chi connectivity index (χ4n) is 2.26. The third kappa shape index (κ3) is 2.73. The summed E-state index contributed by atoms with van der Waals surface area (Å²) in [5, 5.41) is 4.49. The highest BCUT2D eigenvalue weighted by molar-refractivity contribution is 5.83. The molecule has 0 spiro atoms. The van der Waals surface area contributed by atoms with E-state index in [1.165, 1.54) is 25.7 Å². The Bertz CT molecular complexity index is 546. The fraction of sp³-hybridized carbons (Fsp3) is 0.400. The number of aromatic nitrogens is 1. The number of rotatable bonds is 5. The minimum Gasteiger partial charge on any atom is -0.399 e. The largest absolute Gasteiger partial charge is 0.399 e. The minimum absolute atomic E-state index is 0.787. The number of fused-ring (bicyclic) bond motifs is 1. The molecule has 18 heavy (non-hydrogen) atoms. The Kier molecular flexibility index (Phi) is 3.05. The Morgan fingerprint density at radius 3 is 2.94 bits per heavy atom. The lowest BCUT2D eigenvalue weighted by atomic mass is 10.2. The molecular weight excluding hydrogens is 222 g/mol. The molecule has 1 aromatic carbocycles. The topological polar surface area (TPSA) is 50.9 Å². The molecule has 94 valence electrons. The van der Waals surface area contributed by atoms with Crippen LogP contribution >= 0.6 is 0 Å². The third-order valence-corrected chi connectivity index (χ3v) is 3.51. The smallest absolute Gasteiger partial charge is 0.126 e. The maximum absolute atomic E-state index is 5.75. The van der Waals surface area contributed by atoms with E-state index >= 15 is 0 Å². The molecule has 0 bridgehead atoms. The first kappa shape index (κ1) is 11.3. The van der Waals surface area contributed by atoms with Crippen LogP contribution in [0.15, 0.2) is 30.3 Å². The van der Waals surface area contributed by atoms with E-state index in [1.807, 2.05) is 24.3 Å². The van der Waals surface area contributed by atoms with Gasteiger partial charge in [0, 0.05) is 17.6 Å². The number of anilines is 2. The van der Waals surface area contributed by atoms with Crippen molar-refractivity contribution in [1.29, 1.82) is 0 Å². The van der Waals surface area contributed by atoms with Crippen molar-refractivity contribution in [1.82, 2.24) is 4.98 Å². The highest BCUT2D eigenvalue weighted by Gasteiger charge is 2.19. The molecule has 0 atom stereocenters. The lowest BCUT2D eigenvalue weighted by Gasteiger charge is -2.06. The number of nitrogens with one attached hydrogen (secondary N) is 1. The predicted molar refractivity (Wildman–Crippen MR) is 76.6 cm³/mol. The van der Waals surface area contributed by atoms with Crippen molar-refractivity contribution >= 4 is 22.4 Å². The van der Waals surface area contributed by atoms with Crippen molar-refractivity contribution in [3.8, 4) is 0 Å². The van der Waals surface area contributed by atoms with Crippen molar-refractivity contribution in [3.05, 3.63) is 30.3 Å². The van der Waals surface area contributed by atoms with E-state index in [1.54, 1.807) is 0 Å². The second-order valence-corrected chi connectivity index (χ2v) is 5.16. The Labute approximate surface area is 107 Å². The van der Waals surface area contributed by atoms with Gasteiger partial charge in [-0.25, -0.2) is 4.98 Å². The molecule has 1 heterocycles. The van der Waals surface area contributed by atoms with Gasteiger partial charge in [0.15, 0.2) is 0 Å². The Balaban J connectivity index is 1.62. The number of hydrogen-bond donors (Lipinski definition) is 2. The summed E-state index contributed by atoms with van der Waals surface area (Å²) in [4.78, 5) is 4.58. The van der Waals surface area contributed by atoms with Gasteiger partial charge < -0.3 is 11.1 Å². The van der Waals surface area contributed by atoms with Crippen molar-refractivity contribution in [3.63, 3.8) is 0 Å². The molecule has 1 aliphatic rings. The van der Waals surface area contributed by atoms with Crippen LogP contribution in [0.5, 0.6) is 0 Å². The monoisotopic (exact) mass is 241 g/mol. The molecule has 3 N–H and O–H groups in total. The number of pyridine rings is 1. The zero-order chi connectivity index (χ0) is 12.4. The SMILES string of the molecule is Nc1ccc2nc(NCCCC3CC3)ccc2c1. The second kappa shape index (κ2) is 4.84. The van der Waals surface area contributed by atoms with E-state index < -0.39 is 0 Å². The number of nitrogens with zero attached hydrogens (tertiary/aromatic N) is 1. The van der Waals surface area contributed by atoms with Crippen LogP contribution in [-0.2, 0) is 0 Å². The molecule has 1 saturated carbocycles. The number of hydrogen-bond acceptors (Lipinski definition) is 3. The number of benzene rings is 1. The van der Waals surface area contributed by atoms with Gasteiger partial charge in [-0.05, 0) is 49.1 Å². The van der Waals surface area contributed by atoms with Gasteiger partial charge >= 0.3 is 0 Å². The van der Waals surface area contributed by atoms with Crippen molar-refractivity contribution in [2.75, 3.05) is 17.6 Å². The molecule has 0 radical (unpaired) electrons. The maximum Gasteiger partial charge on any atom is 0.126 e. The number of nitrogen functional groups attached to an aromatic ring is 1. The summed E-state index contributed by atoms with van der Waals surface area (Å²) >= 11 is 0. The highest BCUT2D eigenvalue weighted by atomic mass is 15.0. The van der Waals surface area contributed by atoms with Crippen LogP contribution in [0.3, 0.4) is 0 Å². The van der Waals surface area contributed by atoms with Crippen molar-refractivity contribution in [2.45, 2.75) is 25.7 Å². The summed E-state index contributed by atoms with van der Waals surface area (Å²) in [5.74, 6) is 1.97. The van der Waals surface area contributed by atoms with E-state index in [0.717, 1.165) is 34.9 Å². The van der Waals surface area contributed by atoms with E-state index in [9.17, 15) is 0 Å². The van der Waals surface area contributed by atoms with Crippen LogP contribution in [0.25, 0.3) is 10.9 Å². The summed E-state index contributed by atoms with van der Waals surface area (Å²) in [6.07, 6.45) is 5.48. The molecule has 1 aliphatic carbocycles. The standard InChI is InChI=1S/C15H19N3/c16-13-6-7-14-12(10-13)5-8-15(18-14)17-9-1-2-11-3-4-11/h5-8,10-11H,1-4,9,16H2,(H,17,18). The third-order valence-electron chi connectivity index (χ3n) is 3.51. The Morgan fingerprint density at radius 2 is 2.11 bits per heavy atom. The summed E-state index contributed by atoms with van der Waals surface area (Å²) in [5.41, 5.74) is 7.53. The van der Waals surface area contributed by atoms with Crippen molar-refractivity contribution < 1.29 is 0 Å². The van der Waals surface area contributed by atoms with Gasteiger partial charge in [-0.3, -0.25) is 0 Å². The van der Waals surface area contributed by atoms with Gasteiger partial charge in [-0.1, -0.05) is 12.8 Å². The van der Waals surface area contributed by atoms with E-state index in [0.29, 0.717) is 0 Å². The summed E-state index contributed by atoms with van der Waals surface area (Å²) in [6.45, 7) is 1.02. The molecule has 3 nitrogen and oxygen atoms in total. The van der Waals surface area contributed by atoms with Gasteiger partial charge in [-0.15, -0.1) is 0 Å². The zero-order valence-corrected chi connectivity index (χ0v) is 10.5. The van der Waals surface area contributed by atoms with Crippen LogP contribution < -0.4 is 11.1 Å². The fourth-order valence-corrected chi connectivity index (χ4v) is 2.26. The first-order valence-corrected chi connectivity index (χ1v) is 6.71. The maximum atomic E-state index is 5.75. The lowest BCUT2D eigenvalue weighted by Crippen LogP contribution is -2.03. The van der Waals surface area contributed by atoms with E-state index in [-0.39, 0.29) is 0 Å². The molecule has 3 heteroatoms. The minimum atomic E-state index is 0.787. The highest BCUT2D eigenvalue weighted by Crippen LogP contribution is 2.33. The molecule has 3 rings (SSSR count). The first-order valence-electron chi connectivity index (χ1n) is 6.71. The number of nitrogens with two attached hydrogens (primary N) is 1. The van der Waals surface area contributed by atoms with E-state index in [4.69, 9.17) is 5.73 Å². The summed E-state index contributed by atoms with van der Waals surface area (Å²) < 4.78 is 0. The van der Waals surface area contributed by atoms with Crippen LogP contribution in [0, 0.1) is 5.92 Å². The van der Waals surface area contributed by atoms with Gasteiger partial charge in [0.1, 0.15) is 5.82 Å². The molecule has 0 amide bonds. The molecule has 0 saturated heterocycles. The average molecular weight is 241 g/mol. The van der Waals surface area contributed by atoms with Crippen LogP contribution in [0.1, 0.15) is 25.7 Å². The van der Waals surface area contributed by atoms with Crippen LogP contribution in [0.4, 0.5) is 11.5 Å². The molecule has 0 aliphatic heterocycles. The zero-order valence-electron chi connectivity index (χ0n) is 10.5. The average Bonchev–Trinajstić information content (AvgIpc) is 3.19. The normalized spacial score (nSPS) is 14.9. The predicted octanol–water partition coefficient (Wildman–Crippen LogP) is 3.42. The summed E-state index contributed by atoms with van der Waals surface area (Å²) in [6, 6.07) is 9.92. The van der Waals surface area contributed by atoms with Gasteiger partial charge in [0.05, 0.1) is 5.52 Å². The molecule has 0 unspecified atom stereocenters. The quantitative estimate of drug-likeness (QED) is 0.623. The van der Waals surface area contributed by atoms with Crippen molar-refractivity contribution in [2.24, 2.45) is 5.92 Å². The Morgan fingerprint density at radius 1 is 1.22 bits per heavy atom. The van der Waals surface area contributed by atoms with Crippen LogP contribution in [0.2, 0.25) is 0 Å². The van der Waals surface area contributed by atoms with Crippen LogP contribution in [-0.4, -0.2) is 11.5 Å². The van der Waals surface area contributed by atoms with Gasteiger partial charge in [0.2, 0.25) is 0 Å². The lowest BCUT2D eigenvalue weighted by molar-refractivity contribution is 0.686. The Hall–Kier alpha value is -1.77. The molecule has 2 aromatic rings. The van der Waals surface area contributed by atoms with Gasteiger partial charge in [-0.2, -0.15) is 0 Å². The second-order valence-electron chi connectivity index (χ2n) is 5.16. The first-order chi connectivity index (χ1) is 8.81. The molecule has 1 fully saturated rings. The summed E-state index contributed by atoms with van der Waals surface area (Å²) in [7, 11) is 0. The molecular formula is C15H19N3.